The maximum atomic E-state index is 5.98. The number of ether oxygens (including phenoxy) is 3. The first-order chi connectivity index (χ1) is 10.1. The van der Waals surface area contributed by atoms with Crippen LogP contribution in [0.1, 0.15) is 12.5 Å². The normalized spacial score (nSPS) is 10.3. The van der Waals surface area contributed by atoms with E-state index in [1.165, 1.54) is 0 Å². The zero-order valence-corrected chi connectivity index (χ0v) is 12.9. The van der Waals surface area contributed by atoms with E-state index in [1.54, 1.807) is 21.3 Å². The predicted octanol–water partition coefficient (Wildman–Crippen LogP) is 3.52. The molecule has 112 valence electrons. The average Bonchev–Trinajstić information content (AvgIpc) is 2.54. The van der Waals surface area contributed by atoms with Crippen LogP contribution in [0.15, 0.2) is 30.3 Å². The molecule has 0 fully saturated rings. The van der Waals surface area contributed by atoms with Crippen LogP contribution in [-0.2, 0) is 6.42 Å². The third-order valence-corrected chi connectivity index (χ3v) is 3.53. The zero-order valence-electron chi connectivity index (χ0n) is 12.9. The Kier molecular flexibility index (Phi) is 4.58. The van der Waals surface area contributed by atoms with Gasteiger partial charge < -0.3 is 19.9 Å². The lowest BCUT2D eigenvalue weighted by Crippen LogP contribution is -1.97. The first-order valence-electron chi connectivity index (χ1n) is 6.83. The largest absolute Gasteiger partial charge is 0.496 e. The highest BCUT2D eigenvalue weighted by Gasteiger charge is 2.16. The van der Waals surface area contributed by atoms with E-state index in [9.17, 15) is 0 Å². The lowest BCUT2D eigenvalue weighted by Gasteiger charge is -2.16. The van der Waals surface area contributed by atoms with E-state index in [0.29, 0.717) is 17.2 Å². The van der Waals surface area contributed by atoms with Crippen molar-refractivity contribution < 1.29 is 14.2 Å². The van der Waals surface area contributed by atoms with E-state index < -0.39 is 0 Å². The topological polar surface area (TPSA) is 53.7 Å². The summed E-state index contributed by atoms with van der Waals surface area (Å²) >= 11 is 0. The Morgan fingerprint density at radius 3 is 2.00 bits per heavy atom. The van der Waals surface area contributed by atoms with Crippen molar-refractivity contribution in [3.05, 3.63) is 35.9 Å². The van der Waals surface area contributed by atoms with Gasteiger partial charge in [0, 0.05) is 17.8 Å². The van der Waals surface area contributed by atoms with Gasteiger partial charge in [-0.15, -0.1) is 0 Å². The SMILES string of the molecule is CCc1cc(-c2c(OC)cc(OC)cc2OC)ccc1N. The van der Waals surface area contributed by atoms with Crippen molar-refractivity contribution >= 4 is 5.69 Å². The van der Waals surface area contributed by atoms with Crippen molar-refractivity contribution in [3.8, 4) is 28.4 Å². The Hall–Kier alpha value is -2.36. The van der Waals surface area contributed by atoms with E-state index in [0.717, 1.165) is 28.8 Å². The molecule has 0 unspecified atom stereocenters. The van der Waals surface area contributed by atoms with E-state index in [-0.39, 0.29) is 0 Å². The van der Waals surface area contributed by atoms with Crippen LogP contribution in [0.3, 0.4) is 0 Å². The van der Waals surface area contributed by atoms with Crippen LogP contribution in [0.5, 0.6) is 17.2 Å². The van der Waals surface area contributed by atoms with Crippen LogP contribution >= 0.6 is 0 Å². The summed E-state index contributed by atoms with van der Waals surface area (Å²) in [6.45, 7) is 2.08. The summed E-state index contributed by atoms with van der Waals surface area (Å²) in [6, 6.07) is 9.65. The maximum absolute atomic E-state index is 5.98. The molecule has 0 aliphatic rings. The maximum Gasteiger partial charge on any atom is 0.134 e. The quantitative estimate of drug-likeness (QED) is 0.855. The number of anilines is 1. The standard InChI is InChI=1S/C17H21NO3/c1-5-11-8-12(6-7-14(11)18)17-15(20-3)9-13(19-2)10-16(17)21-4/h6-10H,5,18H2,1-4H3. The number of rotatable bonds is 5. The Labute approximate surface area is 125 Å². The number of nitrogen functional groups attached to an aromatic ring is 1. The lowest BCUT2D eigenvalue weighted by molar-refractivity contribution is 0.377. The first kappa shape index (κ1) is 15.0. The van der Waals surface area contributed by atoms with Gasteiger partial charge in [-0.1, -0.05) is 13.0 Å². The molecule has 0 spiro atoms. The van der Waals surface area contributed by atoms with E-state index in [1.807, 2.05) is 24.3 Å². The smallest absolute Gasteiger partial charge is 0.134 e. The summed E-state index contributed by atoms with van der Waals surface area (Å²) in [4.78, 5) is 0. The molecule has 4 heteroatoms. The third kappa shape index (κ3) is 2.89. The molecule has 0 amide bonds. The fourth-order valence-electron chi connectivity index (χ4n) is 2.36. The van der Waals surface area contributed by atoms with E-state index in [4.69, 9.17) is 19.9 Å². The lowest BCUT2D eigenvalue weighted by atomic mass is 9.99. The fourth-order valence-corrected chi connectivity index (χ4v) is 2.36. The van der Waals surface area contributed by atoms with Gasteiger partial charge in [-0.3, -0.25) is 0 Å². The van der Waals surface area contributed by atoms with Crippen LogP contribution in [0.25, 0.3) is 11.1 Å². The first-order valence-corrected chi connectivity index (χ1v) is 6.83. The van der Waals surface area contributed by atoms with Crippen LogP contribution < -0.4 is 19.9 Å². The monoisotopic (exact) mass is 287 g/mol. The molecule has 2 N–H and O–H groups in total. The molecule has 0 bridgehead atoms. The van der Waals surface area contributed by atoms with Gasteiger partial charge in [0.15, 0.2) is 0 Å². The summed E-state index contributed by atoms with van der Waals surface area (Å²) in [5, 5.41) is 0. The van der Waals surface area contributed by atoms with Gasteiger partial charge in [0.2, 0.25) is 0 Å². The molecule has 2 rings (SSSR count). The van der Waals surface area contributed by atoms with Crippen LogP contribution in [0.2, 0.25) is 0 Å². The van der Waals surface area contributed by atoms with E-state index >= 15 is 0 Å². The molecule has 0 atom stereocenters. The molecule has 0 aromatic heterocycles. The number of hydrogen-bond donors (Lipinski definition) is 1. The number of aryl methyl sites for hydroxylation is 1. The van der Waals surface area contributed by atoms with Gasteiger partial charge in [0.1, 0.15) is 17.2 Å². The summed E-state index contributed by atoms with van der Waals surface area (Å²) < 4.78 is 16.3. The van der Waals surface area contributed by atoms with Crippen molar-refractivity contribution in [2.24, 2.45) is 0 Å². The molecule has 4 nitrogen and oxygen atoms in total. The van der Waals surface area contributed by atoms with Crippen LogP contribution in [0.4, 0.5) is 5.69 Å². The van der Waals surface area contributed by atoms with Crippen molar-refractivity contribution in [3.63, 3.8) is 0 Å². The van der Waals surface area contributed by atoms with Gasteiger partial charge in [0.25, 0.3) is 0 Å². The molecule has 21 heavy (non-hydrogen) atoms. The molecule has 0 radical (unpaired) electrons. The van der Waals surface area contributed by atoms with Crippen molar-refractivity contribution in [1.29, 1.82) is 0 Å². The number of nitrogens with two attached hydrogens (primary N) is 1. The van der Waals surface area contributed by atoms with Crippen molar-refractivity contribution in [2.75, 3.05) is 27.1 Å². The Morgan fingerprint density at radius 1 is 0.905 bits per heavy atom. The van der Waals surface area contributed by atoms with Crippen molar-refractivity contribution in [1.82, 2.24) is 0 Å². The highest BCUT2D eigenvalue weighted by atomic mass is 16.5. The minimum absolute atomic E-state index is 0.693. The van der Waals surface area contributed by atoms with Crippen LogP contribution in [0, 0.1) is 0 Å². The minimum atomic E-state index is 0.693. The molecule has 0 aliphatic carbocycles. The molecule has 2 aromatic carbocycles. The summed E-state index contributed by atoms with van der Waals surface area (Å²) in [6.07, 6.45) is 0.875. The van der Waals surface area contributed by atoms with Gasteiger partial charge in [0.05, 0.1) is 26.9 Å². The summed E-state index contributed by atoms with van der Waals surface area (Å²) in [5.74, 6) is 2.11. The average molecular weight is 287 g/mol. The Bertz CT molecular complexity index is 613. The molecular weight excluding hydrogens is 266 g/mol. The minimum Gasteiger partial charge on any atom is -0.496 e. The van der Waals surface area contributed by atoms with Gasteiger partial charge in [-0.2, -0.15) is 0 Å². The Balaban J connectivity index is 2.66. The molecular formula is C17H21NO3. The molecule has 0 saturated heterocycles. The van der Waals surface area contributed by atoms with Crippen LogP contribution in [-0.4, -0.2) is 21.3 Å². The molecule has 0 heterocycles. The van der Waals surface area contributed by atoms with Gasteiger partial charge in [-0.05, 0) is 29.7 Å². The number of hydrogen-bond acceptors (Lipinski definition) is 4. The molecule has 0 saturated carbocycles. The third-order valence-electron chi connectivity index (χ3n) is 3.53. The van der Waals surface area contributed by atoms with Gasteiger partial charge in [-0.25, -0.2) is 0 Å². The van der Waals surface area contributed by atoms with Crippen molar-refractivity contribution in [2.45, 2.75) is 13.3 Å². The summed E-state index contributed by atoms with van der Waals surface area (Å²) in [5.41, 5.74) is 9.80. The number of methoxy groups -OCH3 is 3. The molecule has 2 aromatic rings. The van der Waals surface area contributed by atoms with Gasteiger partial charge >= 0.3 is 0 Å². The zero-order chi connectivity index (χ0) is 15.4. The second-order valence-electron chi connectivity index (χ2n) is 4.67. The highest BCUT2D eigenvalue weighted by molar-refractivity contribution is 5.79. The highest BCUT2D eigenvalue weighted by Crippen LogP contribution is 2.42. The molecule has 0 aliphatic heterocycles. The number of benzene rings is 2. The Morgan fingerprint density at radius 2 is 1.52 bits per heavy atom. The summed E-state index contributed by atoms with van der Waals surface area (Å²) in [7, 11) is 4.89. The second-order valence-corrected chi connectivity index (χ2v) is 4.67. The fraction of sp³-hybridized carbons (Fsp3) is 0.294. The second kappa shape index (κ2) is 6.39. The van der Waals surface area contributed by atoms with E-state index in [2.05, 4.69) is 13.0 Å². The predicted molar refractivity (Wildman–Crippen MR) is 85.3 cm³/mol.